The summed E-state index contributed by atoms with van der Waals surface area (Å²) in [7, 11) is 1.81. The number of aryl methyl sites for hydroxylation is 1. The van der Waals surface area contributed by atoms with Crippen molar-refractivity contribution in [2.45, 2.75) is 26.3 Å². The molecule has 0 radical (unpaired) electrons. The SMILES string of the molecule is CN=C(NCc1ccc(C)cc1)NCC(C)c1ccsc1.I. The van der Waals surface area contributed by atoms with Crippen LogP contribution in [0.3, 0.4) is 0 Å². The van der Waals surface area contributed by atoms with Gasteiger partial charge < -0.3 is 10.6 Å². The Morgan fingerprint density at radius 1 is 1.18 bits per heavy atom. The van der Waals surface area contributed by atoms with E-state index in [9.17, 15) is 0 Å². The van der Waals surface area contributed by atoms with E-state index >= 15 is 0 Å². The van der Waals surface area contributed by atoms with E-state index in [0.717, 1.165) is 19.0 Å². The molecule has 0 bridgehead atoms. The van der Waals surface area contributed by atoms with Crippen LogP contribution in [0, 0.1) is 6.92 Å². The first-order valence-corrected chi connectivity index (χ1v) is 8.15. The minimum Gasteiger partial charge on any atom is -0.356 e. The number of rotatable bonds is 5. The molecule has 1 aromatic carbocycles. The van der Waals surface area contributed by atoms with E-state index in [2.05, 4.69) is 70.6 Å². The predicted octanol–water partition coefficient (Wildman–Crippen LogP) is 4.14. The average Bonchev–Trinajstić information content (AvgIpc) is 3.03. The summed E-state index contributed by atoms with van der Waals surface area (Å²) in [4.78, 5) is 4.27. The van der Waals surface area contributed by atoms with Crippen LogP contribution < -0.4 is 10.6 Å². The molecule has 2 rings (SSSR count). The van der Waals surface area contributed by atoms with Gasteiger partial charge in [0.2, 0.25) is 0 Å². The maximum absolute atomic E-state index is 4.27. The number of hydrogen-bond acceptors (Lipinski definition) is 2. The van der Waals surface area contributed by atoms with Crippen molar-refractivity contribution >= 4 is 41.3 Å². The van der Waals surface area contributed by atoms with E-state index in [1.807, 2.05) is 0 Å². The van der Waals surface area contributed by atoms with Gasteiger partial charge in [-0.2, -0.15) is 11.3 Å². The first-order valence-electron chi connectivity index (χ1n) is 7.21. The quantitative estimate of drug-likeness (QED) is 0.426. The number of hydrogen-bond donors (Lipinski definition) is 2. The van der Waals surface area contributed by atoms with Gasteiger partial charge in [-0.3, -0.25) is 4.99 Å². The topological polar surface area (TPSA) is 36.4 Å². The molecule has 0 fully saturated rings. The Kier molecular flexibility index (Phi) is 8.48. The normalized spacial score (nSPS) is 12.4. The lowest BCUT2D eigenvalue weighted by Gasteiger charge is -2.15. The molecule has 2 N–H and O–H groups in total. The molecule has 0 aliphatic rings. The zero-order valence-corrected chi connectivity index (χ0v) is 16.4. The average molecular weight is 429 g/mol. The van der Waals surface area contributed by atoms with Crippen molar-refractivity contribution in [1.29, 1.82) is 0 Å². The fraction of sp³-hybridized carbons (Fsp3) is 0.353. The molecule has 22 heavy (non-hydrogen) atoms. The lowest BCUT2D eigenvalue weighted by Crippen LogP contribution is -2.38. The highest BCUT2D eigenvalue weighted by atomic mass is 127. The molecule has 5 heteroatoms. The van der Waals surface area contributed by atoms with Gasteiger partial charge in [-0.05, 0) is 40.8 Å². The first kappa shape index (κ1) is 19.0. The highest BCUT2D eigenvalue weighted by Crippen LogP contribution is 2.16. The monoisotopic (exact) mass is 429 g/mol. The standard InChI is InChI=1S/C17H23N3S.HI/c1-13-4-6-15(7-5-13)11-20-17(18-3)19-10-14(2)16-8-9-21-12-16;/h4-9,12,14H,10-11H2,1-3H3,(H2,18,19,20);1H. The zero-order chi connectivity index (χ0) is 15.1. The predicted molar refractivity (Wildman–Crippen MR) is 108 cm³/mol. The van der Waals surface area contributed by atoms with Crippen LogP contribution >= 0.6 is 35.3 Å². The Hall–Kier alpha value is -1.08. The Morgan fingerprint density at radius 2 is 1.91 bits per heavy atom. The molecule has 1 aromatic heterocycles. The number of guanidine groups is 1. The highest BCUT2D eigenvalue weighted by Gasteiger charge is 2.06. The molecule has 0 saturated carbocycles. The van der Waals surface area contributed by atoms with Crippen LogP contribution in [0.25, 0.3) is 0 Å². The lowest BCUT2D eigenvalue weighted by molar-refractivity contribution is 0.701. The minimum absolute atomic E-state index is 0. The van der Waals surface area contributed by atoms with Crippen molar-refractivity contribution in [1.82, 2.24) is 10.6 Å². The van der Waals surface area contributed by atoms with E-state index < -0.39 is 0 Å². The van der Waals surface area contributed by atoms with Gasteiger partial charge in [0.15, 0.2) is 5.96 Å². The maximum Gasteiger partial charge on any atom is 0.191 e. The Balaban J connectivity index is 0.00000242. The molecule has 0 aliphatic carbocycles. The van der Waals surface area contributed by atoms with Gasteiger partial charge in [-0.15, -0.1) is 24.0 Å². The largest absolute Gasteiger partial charge is 0.356 e. The second kappa shape index (κ2) is 9.84. The van der Waals surface area contributed by atoms with Crippen LogP contribution in [0.5, 0.6) is 0 Å². The molecular weight excluding hydrogens is 405 g/mol. The summed E-state index contributed by atoms with van der Waals surface area (Å²) >= 11 is 1.74. The molecule has 0 aliphatic heterocycles. The molecule has 2 aromatic rings. The van der Waals surface area contributed by atoms with Gasteiger partial charge in [0.25, 0.3) is 0 Å². The third-order valence-corrected chi connectivity index (χ3v) is 4.19. The van der Waals surface area contributed by atoms with Crippen LogP contribution in [-0.4, -0.2) is 19.6 Å². The third kappa shape index (κ3) is 5.96. The Labute approximate surface area is 154 Å². The van der Waals surface area contributed by atoms with E-state index in [1.165, 1.54) is 16.7 Å². The highest BCUT2D eigenvalue weighted by molar-refractivity contribution is 14.0. The molecule has 120 valence electrons. The summed E-state index contributed by atoms with van der Waals surface area (Å²) in [6.45, 7) is 5.99. The summed E-state index contributed by atoms with van der Waals surface area (Å²) in [5.41, 5.74) is 3.92. The van der Waals surface area contributed by atoms with Crippen LogP contribution in [0.1, 0.15) is 29.5 Å². The number of nitrogens with one attached hydrogen (secondary N) is 2. The van der Waals surface area contributed by atoms with Gasteiger partial charge in [0, 0.05) is 20.1 Å². The second-order valence-electron chi connectivity index (χ2n) is 5.25. The molecule has 0 saturated heterocycles. The summed E-state index contributed by atoms with van der Waals surface area (Å²) in [5.74, 6) is 1.33. The van der Waals surface area contributed by atoms with Crippen molar-refractivity contribution in [2.24, 2.45) is 4.99 Å². The summed E-state index contributed by atoms with van der Waals surface area (Å²) < 4.78 is 0. The van der Waals surface area contributed by atoms with E-state index in [0.29, 0.717) is 5.92 Å². The summed E-state index contributed by atoms with van der Waals surface area (Å²) in [6, 6.07) is 10.7. The van der Waals surface area contributed by atoms with Crippen LogP contribution in [0.4, 0.5) is 0 Å². The van der Waals surface area contributed by atoms with E-state index in [-0.39, 0.29) is 24.0 Å². The fourth-order valence-corrected chi connectivity index (χ4v) is 2.82. The number of halogens is 1. The van der Waals surface area contributed by atoms with Crippen molar-refractivity contribution in [2.75, 3.05) is 13.6 Å². The van der Waals surface area contributed by atoms with Crippen molar-refractivity contribution in [3.8, 4) is 0 Å². The maximum atomic E-state index is 4.27. The first-order chi connectivity index (χ1) is 10.2. The van der Waals surface area contributed by atoms with Crippen molar-refractivity contribution < 1.29 is 0 Å². The molecule has 1 heterocycles. The van der Waals surface area contributed by atoms with Crippen LogP contribution in [0.2, 0.25) is 0 Å². The molecule has 0 amide bonds. The third-order valence-electron chi connectivity index (χ3n) is 3.49. The molecule has 1 atom stereocenters. The van der Waals surface area contributed by atoms with Gasteiger partial charge in [-0.1, -0.05) is 36.8 Å². The zero-order valence-electron chi connectivity index (χ0n) is 13.3. The Morgan fingerprint density at radius 3 is 2.50 bits per heavy atom. The summed E-state index contributed by atoms with van der Waals surface area (Å²) in [5, 5.41) is 11.1. The van der Waals surface area contributed by atoms with Crippen molar-refractivity contribution in [3.63, 3.8) is 0 Å². The number of aliphatic imine (C=N–C) groups is 1. The Bertz CT molecular complexity index is 564. The molecule has 0 spiro atoms. The second-order valence-corrected chi connectivity index (χ2v) is 6.03. The van der Waals surface area contributed by atoms with Gasteiger partial charge in [-0.25, -0.2) is 0 Å². The van der Waals surface area contributed by atoms with Crippen LogP contribution in [-0.2, 0) is 6.54 Å². The van der Waals surface area contributed by atoms with E-state index in [1.54, 1.807) is 18.4 Å². The number of benzene rings is 1. The number of thiophene rings is 1. The van der Waals surface area contributed by atoms with E-state index in [4.69, 9.17) is 0 Å². The minimum atomic E-state index is 0. The van der Waals surface area contributed by atoms with Crippen LogP contribution in [0.15, 0.2) is 46.1 Å². The van der Waals surface area contributed by atoms with Gasteiger partial charge >= 0.3 is 0 Å². The smallest absolute Gasteiger partial charge is 0.191 e. The molecule has 1 unspecified atom stereocenters. The number of nitrogens with zero attached hydrogens (tertiary/aromatic N) is 1. The van der Waals surface area contributed by atoms with Gasteiger partial charge in [0.1, 0.15) is 0 Å². The van der Waals surface area contributed by atoms with Crippen molar-refractivity contribution in [3.05, 3.63) is 57.8 Å². The van der Waals surface area contributed by atoms with Gasteiger partial charge in [0.05, 0.1) is 0 Å². The summed E-state index contributed by atoms with van der Waals surface area (Å²) in [6.07, 6.45) is 0. The molecule has 3 nitrogen and oxygen atoms in total. The fourth-order valence-electron chi connectivity index (χ4n) is 2.04. The molecular formula is C17H24IN3S. The lowest BCUT2D eigenvalue weighted by atomic mass is 10.1.